The van der Waals surface area contributed by atoms with E-state index in [4.69, 9.17) is 0 Å². The molecule has 1 amide bonds. The highest BCUT2D eigenvalue weighted by Gasteiger charge is 2.22. The molecule has 5 heteroatoms. The second-order valence-electron chi connectivity index (χ2n) is 5.87. The van der Waals surface area contributed by atoms with Crippen molar-refractivity contribution in [2.24, 2.45) is 0 Å². The lowest BCUT2D eigenvalue weighted by Crippen LogP contribution is -2.43. The first-order chi connectivity index (χ1) is 10.7. The Hall–Kier alpha value is -2.30. The van der Waals surface area contributed by atoms with Crippen LogP contribution in [0, 0.1) is 6.92 Å². The molecule has 1 N–H and O–H groups in total. The number of nitrogens with one attached hydrogen (secondary N) is 1. The fourth-order valence-corrected chi connectivity index (χ4v) is 2.88. The number of carbonyl (C=O) groups excluding carboxylic acids is 1. The highest BCUT2D eigenvalue weighted by atomic mass is 16.2. The van der Waals surface area contributed by atoms with Crippen molar-refractivity contribution in [2.45, 2.75) is 32.4 Å². The van der Waals surface area contributed by atoms with Crippen LogP contribution in [0.25, 0.3) is 0 Å². The zero-order valence-electron chi connectivity index (χ0n) is 12.9. The lowest BCUT2D eigenvalue weighted by molar-refractivity contribution is -0.133. The first-order valence-corrected chi connectivity index (χ1v) is 7.79. The van der Waals surface area contributed by atoms with Gasteiger partial charge in [0.2, 0.25) is 5.91 Å². The van der Waals surface area contributed by atoms with Crippen molar-refractivity contribution in [2.75, 3.05) is 18.4 Å². The standard InChI is InChI=1S/C17H22N4O/c1-14-4-2-5-16(12-14)19-15-6-10-20(11-7-15)17(22)13-21-9-3-8-18-21/h2-5,8-9,12,15,19H,6-7,10-11,13H2,1H3. The van der Waals surface area contributed by atoms with Crippen molar-refractivity contribution < 1.29 is 4.79 Å². The monoisotopic (exact) mass is 298 g/mol. The van der Waals surface area contributed by atoms with E-state index in [9.17, 15) is 4.79 Å². The van der Waals surface area contributed by atoms with Crippen molar-refractivity contribution in [1.82, 2.24) is 14.7 Å². The maximum Gasteiger partial charge on any atom is 0.244 e. The summed E-state index contributed by atoms with van der Waals surface area (Å²) in [7, 11) is 0. The number of likely N-dealkylation sites (tertiary alicyclic amines) is 1. The third kappa shape index (κ3) is 3.67. The molecule has 0 saturated carbocycles. The largest absolute Gasteiger partial charge is 0.382 e. The number of anilines is 1. The van der Waals surface area contributed by atoms with Crippen LogP contribution in [-0.2, 0) is 11.3 Å². The molecule has 1 fully saturated rings. The number of aryl methyl sites for hydroxylation is 1. The fourth-order valence-electron chi connectivity index (χ4n) is 2.88. The third-order valence-electron chi connectivity index (χ3n) is 4.09. The lowest BCUT2D eigenvalue weighted by atomic mass is 10.0. The molecule has 2 aromatic rings. The van der Waals surface area contributed by atoms with Gasteiger partial charge in [-0.2, -0.15) is 5.10 Å². The Bertz CT molecular complexity index is 615. The van der Waals surface area contributed by atoms with Gasteiger partial charge in [-0.25, -0.2) is 0 Å². The summed E-state index contributed by atoms with van der Waals surface area (Å²) in [4.78, 5) is 14.2. The van der Waals surface area contributed by atoms with E-state index in [1.54, 1.807) is 10.9 Å². The summed E-state index contributed by atoms with van der Waals surface area (Å²) in [5, 5.41) is 7.66. The molecule has 0 atom stereocenters. The molecule has 22 heavy (non-hydrogen) atoms. The maximum absolute atomic E-state index is 12.2. The Morgan fingerprint density at radius 3 is 2.82 bits per heavy atom. The number of nitrogens with zero attached hydrogens (tertiary/aromatic N) is 3. The Morgan fingerprint density at radius 1 is 1.32 bits per heavy atom. The Kier molecular flexibility index (Phi) is 4.42. The lowest BCUT2D eigenvalue weighted by Gasteiger charge is -2.33. The molecule has 0 radical (unpaired) electrons. The van der Waals surface area contributed by atoms with Crippen molar-refractivity contribution in [1.29, 1.82) is 0 Å². The maximum atomic E-state index is 12.2. The number of aromatic nitrogens is 2. The van der Waals surface area contributed by atoms with Crippen LogP contribution in [0.4, 0.5) is 5.69 Å². The molecule has 116 valence electrons. The summed E-state index contributed by atoms with van der Waals surface area (Å²) in [5.41, 5.74) is 2.43. The third-order valence-corrected chi connectivity index (χ3v) is 4.09. The van der Waals surface area contributed by atoms with Gasteiger partial charge in [-0.3, -0.25) is 9.48 Å². The summed E-state index contributed by atoms with van der Waals surface area (Å²) in [6, 6.07) is 10.7. The number of piperidine rings is 1. The van der Waals surface area contributed by atoms with Crippen LogP contribution in [0.5, 0.6) is 0 Å². The van der Waals surface area contributed by atoms with E-state index < -0.39 is 0 Å². The highest BCUT2D eigenvalue weighted by molar-refractivity contribution is 5.76. The summed E-state index contributed by atoms with van der Waals surface area (Å²) in [5.74, 6) is 0.151. The quantitative estimate of drug-likeness (QED) is 0.942. The van der Waals surface area contributed by atoms with Gasteiger partial charge in [0.05, 0.1) is 0 Å². The van der Waals surface area contributed by atoms with E-state index in [0.29, 0.717) is 12.6 Å². The Labute approximate surface area is 130 Å². The number of rotatable bonds is 4. The molecule has 1 aromatic carbocycles. The number of hydrogen-bond acceptors (Lipinski definition) is 3. The predicted molar refractivity (Wildman–Crippen MR) is 86.6 cm³/mol. The van der Waals surface area contributed by atoms with Gasteiger partial charge in [-0.1, -0.05) is 12.1 Å². The molecule has 0 bridgehead atoms. The van der Waals surface area contributed by atoms with Crippen LogP contribution in [-0.4, -0.2) is 39.7 Å². The molecule has 0 spiro atoms. The van der Waals surface area contributed by atoms with Crippen molar-refractivity contribution >= 4 is 11.6 Å². The van der Waals surface area contributed by atoms with Gasteiger partial charge in [0, 0.05) is 37.2 Å². The molecule has 1 saturated heterocycles. The minimum absolute atomic E-state index is 0.151. The Morgan fingerprint density at radius 2 is 2.14 bits per heavy atom. The van der Waals surface area contributed by atoms with Crippen LogP contribution < -0.4 is 5.32 Å². The van der Waals surface area contributed by atoms with Crippen LogP contribution in [0.2, 0.25) is 0 Å². The van der Waals surface area contributed by atoms with E-state index in [1.165, 1.54) is 11.3 Å². The molecule has 1 aromatic heterocycles. The van der Waals surface area contributed by atoms with Gasteiger partial charge < -0.3 is 10.2 Å². The topological polar surface area (TPSA) is 50.2 Å². The molecular weight excluding hydrogens is 276 g/mol. The predicted octanol–water partition coefficient (Wildman–Crippen LogP) is 2.29. The van der Waals surface area contributed by atoms with Gasteiger partial charge in [0.25, 0.3) is 0 Å². The highest BCUT2D eigenvalue weighted by Crippen LogP contribution is 2.17. The molecule has 0 aliphatic carbocycles. The first kappa shape index (κ1) is 14.6. The van der Waals surface area contributed by atoms with E-state index in [-0.39, 0.29) is 5.91 Å². The second-order valence-corrected chi connectivity index (χ2v) is 5.87. The van der Waals surface area contributed by atoms with Crippen LogP contribution in [0.15, 0.2) is 42.7 Å². The average Bonchev–Trinajstić information content (AvgIpc) is 3.01. The SMILES string of the molecule is Cc1cccc(NC2CCN(C(=O)Cn3cccn3)CC2)c1. The van der Waals surface area contributed by atoms with Gasteiger partial charge in [-0.05, 0) is 43.5 Å². The minimum atomic E-state index is 0.151. The van der Waals surface area contributed by atoms with E-state index in [0.717, 1.165) is 25.9 Å². The number of amides is 1. The molecule has 1 aliphatic heterocycles. The molecule has 2 heterocycles. The van der Waals surface area contributed by atoms with Gasteiger partial charge in [-0.15, -0.1) is 0 Å². The van der Waals surface area contributed by atoms with Gasteiger partial charge in [0.15, 0.2) is 0 Å². The Balaban J connectivity index is 1.49. The van der Waals surface area contributed by atoms with Gasteiger partial charge >= 0.3 is 0 Å². The van der Waals surface area contributed by atoms with Crippen molar-refractivity contribution in [3.63, 3.8) is 0 Å². The summed E-state index contributed by atoms with van der Waals surface area (Å²) >= 11 is 0. The van der Waals surface area contributed by atoms with Crippen LogP contribution in [0.1, 0.15) is 18.4 Å². The normalized spacial score (nSPS) is 15.8. The van der Waals surface area contributed by atoms with E-state index in [1.807, 2.05) is 17.2 Å². The summed E-state index contributed by atoms with van der Waals surface area (Å²) < 4.78 is 1.68. The molecule has 5 nitrogen and oxygen atoms in total. The molecule has 1 aliphatic rings. The second kappa shape index (κ2) is 6.64. The van der Waals surface area contributed by atoms with Gasteiger partial charge in [0.1, 0.15) is 6.54 Å². The smallest absolute Gasteiger partial charge is 0.244 e. The van der Waals surface area contributed by atoms with Crippen LogP contribution in [0.3, 0.4) is 0 Å². The fraction of sp³-hybridized carbons (Fsp3) is 0.412. The van der Waals surface area contributed by atoms with Crippen molar-refractivity contribution in [3.8, 4) is 0 Å². The average molecular weight is 298 g/mol. The summed E-state index contributed by atoms with van der Waals surface area (Å²) in [6.45, 7) is 4.05. The first-order valence-electron chi connectivity index (χ1n) is 7.79. The minimum Gasteiger partial charge on any atom is -0.382 e. The summed E-state index contributed by atoms with van der Waals surface area (Å²) in [6.07, 6.45) is 5.49. The van der Waals surface area contributed by atoms with E-state index in [2.05, 4.69) is 41.6 Å². The molecule has 3 rings (SSSR count). The molecular formula is C17H22N4O. The van der Waals surface area contributed by atoms with E-state index >= 15 is 0 Å². The number of carbonyl (C=O) groups is 1. The number of benzene rings is 1. The molecule has 0 unspecified atom stereocenters. The zero-order chi connectivity index (χ0) is 15.4. The van der Waals surface area contributed by atoms with Crippen LogP contribution >= 0.6 is 0 Å². The zero-order valence-corrected chi connectivity index (χ0v) is 12.9. The number of hydrogen-bond donors (Lipinski definition) is 1. The van der Waals surface area contributed by atoms with Crippen molar-refractivity contribution in [3.05, 3.63) is 48.3 Å².